The van der Waals surface area contributed by atoms with Gasteiger partial charge >= 0.3 is 0 Å². The molecule has 1 atom stereocenters. The number of carbonyl (C=O) groups excluding carboxylic acids is 1. The third-order valence-corrected chi connectivity index (χ3v) is 3.85. The van der Waals surface area contributed by atoms with E-state index < -0.39 is 0 Å². The second kappa shape index (κ2) is 6.15. The number of amides is 1. The van der Waals surface area contributed by atoms with Gasteiger partial charge in [0.15, 0.2) is 0 Å². The summed E-state index contributed by atoms with van der Waals surface area (Å²) in [5, 5.41) is 3.99. The van der Waals surface area contributed by atoms with Crippen molar-refractivity contribution in [2.75, 3.05) is 20.2 Å². The van der Waals surface area contributed by atoms with Crippen LogP contribution >= 0.6 is 0 Å². The Kier molecular flexibility index (Phi) is 4.06. The number of likely N-dealkylation sites (tertiary alicyclic amines) is 1. The Morgan fingerprint density at radius 2 is 2.23 bits per heavy atom. The standard InChI is InChI=1S/C15H18N4O3/c1-21-12-4-2-10(3-5-12)15-17-13(22-18-15)9-19-7-6-11(8-19)14(16)20/h2-5,11H,6-9H2,1H3,(H2,16,20)/t11-/m0/s1. The summed E-state index contributed by atoms with van der Waals surface area (Å²) in [6.07, 6.45) is 0.787. The predicted octanol–water partition coefficient (Wildman–Crippen LogP) is 1.05. The minimum Gasteiger partial charge on any atom is -0.497 e. The summed E-state index contributed by atoms with van der Waals surface area (Å²) in [5.74, 6) is 1.54. The van der Waals surface area contributed by atoms with Gasteiger partial charge in [0.05, 0.1) is 19.6 Å². The first-order valence-electron chi connectivity index (χ1n) is 7.14. The molecule has 2 N–H and O–H groups in total. The maximum absolute atomic E-state index is 11.2. The molecule has 2 aromatic rings. The van der Waals surface area contributed by atoms with Crippen molar-refractivity contribution in [3.05, 3.63) is 30.2 Å². The van der Waals surface area contributed by atoms with Gasteiger partial charge in [0.2, 0.25) is 17.6 Å². The molecule has 0 bridgehead atoms. The summed E-state index contributed by atoms with van der Waals surface area (Å²) in [4.78, 5) is 17.7. The van der Waals surface area contributed by atoms with Crippen LogP contribution in [0.3, 0.4) is 0 Å². The lowest BCUT2D eigenvalue weighted by Gasteiger charge is -2.11. The van der Waals surface area contributed by atoms with Crippen LogP contribution in [0.2, 0.25) is 0 Å². The van der Waals surface area contributed by atoms with Gasteiger partial charge < -0.3 is 15.0 Å². The Balaban J connectivity index is 1.65. The van der Waals surface area contributed by atoms with Crippen LogP contribution in [-0.4, -0.2) is 41.1 Å². The number of carbonyl (C=O) groups is 1. The quantitative estimate of drug-likeness (QED) is 0.887. The SMILES string of the molecule is COc1ccc(-c2noc(CN3CC[C@H](C(N)=O)C3)n2)cc1. The van der Waals surface area contributed by atoms with E-state index in [0.717, 1.165) is 24.3 Å². The number of nitrogens with zero attached hydrogens (tertiary/aromatic N) is 3. The molecule has 0 unspecified atom stereocenters. The summed E-state index contributed by atoms with van der Waals surface area (Å²) in [6.45, 7) is 2.00. The molecule has 1 fully saturated rings. The maximum atomic E-state index is 11.2. The van der Waals surface area contributed by atoms with Crippen LogP contribution in [0.4, 0.5) is 0 Å². The summed E-state index contributed by atoms with van der Waals surface area (Å²) < 4.78 is 10.4. The Morgan fingerprint density at radius 3 is 2.86 bits per heavy atom. The zero-order chi connectivity index (χ0) is 15.5. The molecule has 2 heterocycles. The minimum absolute atomic E-state index is 0.0796. The molecule has 1 aromatic heterocycles. The summed E-state index contributed by atoms with van der Waals surface area (Å²) in [7, 11) is 1.62. The molecule has 3 rings (SSSR count). The zero-order valence-corrected chi connectivity index (χ0v) is 12.4. The van der Waals surface area contributed by atoms with Crippen molar-refractivity contribution in [1.29, 1.82) is 0 Å². The molecule has 0 saturated carbocycles. The van der Waals surface area contributed by atoms with Gasteiger partial charge in [-0.25, -0.2) is 0 Å². The third kappa shape index (κ3) is 3.09. The van der Waals surface area contributed by atoms with E-state index in [2.05, 4.69) is 15.0 Å². The van der Waals surface area contributed by atoms with Gasteiger partial charge in [0, 0.05) is 12.1 Å². The van der Waals surface area contributed by atoms with Crippen LogP contribution in [0.5, 0.6) is 5.75 Å². The van der Waals surface area contributed by atoms with E-state index in [1.54, 1.807) is 7.11 Å². The van der Waals surface area contributed by atoms with Crippen molar-refractivity contribution >= 4 is 5.91 Å². The number of hydrogen-bond acceptors (Lipinski definition) is 6. The number of nitrogens with two attached hydrogens (primary N) is 1. The van der Waals surface area contributed by atoms with E-state index in [-0.39, 0.29) is 11.8 Å². The van der Waals surface area contributed by atoms with Crippen LogP contribution in [0, 0.1) is 5.92 Å². The lowest BCUT2D eigenvalue weighted by atomic mass is 10.1. The predicted molar refractivity (Wildman–Crippen MR) is 78.9 cm³/mol. The zero-order valence-electron chi connectivity index (χ0n) is 12.4. The molecule has 0 aliphatic carbocycles. The summed E-state index contributed by atoms with van der Waals surface area (Å²) in [6, 6.07) is 7.46. The Bertz CT molecular complexity index is 653. The van der Waals surface area contributed by atoms with Crippen molar-refractivity contribution in [2.24, 2.45) is 11.7 Å². The smallest absolute Gasteiger partial charge is 0.241 e. The molecule has 7 heteroatoms. The maximum Gasteiger partial charge on any atom is 0.241 e. The molecule has 7 nitrogen and oxygen atoms in total. The second-order valence-electron chi connectivity index (χ2n) is 5.36. The number of methoxy groups -OCH3 is 1. The van der Waals surface area contributed by atoms with Crippen LogP contribution < -0.4 is 10.5 Å². The van der Waals surface area contributed by atoms with E-state index in [9.17, 15) is 4.79 Å². The highest BCUT2D eigenvalue weighted by molar-refractivity contribution is 5.77. The van der Waals surface area contributed by atoms with Crippen molar-refractivity contribution in [3.8, 4) is 17.1 Å². The summed E-state index contributed by atoms with van der Waals surface area (Å²) >= 11 is 0. The van der Waals surface area contributed by atoms with Crippen LogP contribution in [-0.2, 0) is 11.3 Å². The number of primary amides is 1. The monoisotopic (exact) mass is 302 g/mol. The number of hydrogen-bond donors (Lipinski definition) is 1. The van der Waals surface area contributed by atoms with Crippen LogP contribution in [0.15, 0.2) is 28.8 Å². The highest BCUT2D eigenvalue weighted by Gasteiger charge is 2.27. The summed E-state index contributed by atoms with van der Waals surface area (Å²) in [5.41, 5.74) is 6.20. The van der Waals surface area contributed by atoms with Crippen LogP contribution in [0.1, 0.15) is 12.3 Å². The highest BCUT2D eigenvalue weighted by atomic mass is 16.5. The van der Waals surface area contributed by atoms with Crippen molar-refractivity contribution in [1.82, 2.24) is 15.0 Å². The fourth-order valence-corrected chi connectivity index (χ4v) is 2.58. The Labute approximate surface area is 128 Å². The normalized spacial score (nSPS) is 18.5. The number of aromatic nitrogens is 2. The van der Waals surface area contributed by atoms with Gasteiger partial charge in [-0.2, -0.15) is 4.98 Å². The first-order valence-corrected chi connectivity index (χ1v) is 7.14. The van der Waals surface area contributed by atoms with E-state index in [1.807, 2.05) is 24.3 Å². The molecule has 116 valence electrons. The first-order chi connectivity index (χ1) is 10.7. The topological polar surface area (TPSA) is 94.5 Å². The largest absolute Gasteiger partial charge is 0.497 e. The second-order valence-corrected chi connectivity index (χ2v) is 5.36. The van der Waals surface area contributed by atoms with E-state index in [4.69, 9.17) is 15.0 Å². The molecule has 1 aliphatic rings. The van der Waals surface area contributed by atoms with Gasteiger partial charge in [-0.1, -0.05) is 5.16 Å². The molecule has 1 saturated heterocycles. The van der Waals surface area contributed by atoms with Gasteiger partial charge in [0.1, 0.15) is 5.75 Å². The van der Waals surface area contributed by atoms with E-state index in [0.29, 0.717) is 24.8 Å². The van der Waals surface area contributed by atoms with Crippen molar-refractivity contribution in [3.63, 3.8) is 0 Å². The average molecular weight is 302 g/mol. The fraction of sp³-hybridized carbons (Fsp3) is 0.400. The number of benzene rings is 1. The van der Waals surface area contributed by atoms with Gasteiger partial charge in [-0.05, 0) is 37.2 Å². The molecule has 1 aliphatic heterocycles. The van der Waals surface area contributed by atoms with E-state index in [1.165, 1.54) is 0 Å². The molecule has 1 aromatic carbocycles. The lowest BCUT2D eigenvalue weighted by molar-refractivity contribution is -0.121. The average Bonchev–Trinajstić information content (AvgIpc) is 3.17. The van der Waals surface area contributed by atoms with Gasteiger partial charge in [0.25, 0.3) is 0 Å². The fourth-order valence-electron chi connectivity index (χ4n) is 2.58. The lowest BCUT2D eigenvalue weighted by Crippen LogP contribution is -2.27. The molecule has 0 spiro atoms. The highest BCUT2D eigenvalue weighted by Crippen LogP contribution is 2.21. The van der Waals surface area contributed by atoms with Crippen LogP contribution in [0.25, 0.3) is 11.4 Å². The Morgan fingerprint density at radius 1 is 1.45 bits per heavy atom. The molecule has 0 radical (unpaired) electrons. The van der Waals surface area contributed by atoms with E-state index >= 15 is 0 Å². The van der Waals surface area contributed by atoms with Crippen molar-refractivity contribution in [2.45, 2.75) is 13.0 Å². The minimum atomic E-state index is -0.244. The molecular formula is C15H18N4O3. The molecule has 22 heavy (non-hydrogen) atoms. The number of rotatable bonds is 5. The first kappa shape index (κ1) is 14.5. The van der Waals surface area contributed by atoms with Gasteiger partial charge in [-0.3, -0.25) is 9.69 Å². The van der Waals surface area contributed by atoms with Gasteiger partial charge in [-0.15, -0.1) is 0 Å². The third-order valence-electron chi connectivity index (χ3n) is 3.85. The Hall–Kier alpha value is -2.41. The molecule has 1 amide bonds. The van der Waals surface area contributed by atoms with Crippen molar-refractivity contribution < 1.29 is 14.1 Å². The number of ether oxygens (including phenoxy) is 1. The molecular weight excluding hydrogens is 284 g/mol.